The van der Waals surface area contributed by atoms with Crippen molar-refractivity contribution in [2.75, 3.05) is 32.8 Å². The van der Waals surface area contributed by atoms with E-state index in [1.54, 1.807) is 0 Å². The molecule has 0 aromatic heterocycles. The minimum Gasteiger partial charge on any atom is -0.489 e. The standard InChI is InChI=1S/C15H23F2N3O2/c1-3-18-15(20-9-11(2)10-21)19-6-7-22-14-5-4-12(16)8-13(14)17/h4-5,8,11,21H,3,6-7,9-10H2,1-2H3,(H2,18,19,20). The molecule has 0 aliphatic rings. The van der Waals surface area contributed by atoms with Gasteiger partial charge in [0.1, 0.15) is 12.4 Å². The summed E-state index contributed by atoms with van der Waals surface area (Å²) >= 11 is 0. The molecular formula is C15H23F2N3O2. The van der Waals surface area contributed by atoms with Gasteiger partial charge in [-0.15, -0.1) is 0 Å². The Balaban J connectivity index is 2.39. The number of hydrogen-bond donors (Lipinski definition) is 3. The molecule has 3 N–H and O–H groups in total. The fourth-order valence-electron chi connectivity index (χ4n) is 1.57. The predicted octanol–water partition coefficient (Wildman–Crippen LogP) is 1.53. The second-order valence-electron chi connectivity index (χ2n) is 4.86. The van der Waals surface area contributed by atoms with Crippen molar-refractivity contribution >= 4 is 5.96 Å². The molecule has 1 rings (SSSR count). The Morgan fingerprint density at radius 2 is 2.14 bits per heavy atom. The van der Waals surface area contributed by atoms with Gasteiger partial charge in [-0.1, -0.05) is 6.92 Å². The first-order valence-electron chi connectivity index (χ1n) is 7.27. The van der Waals surface area contributed by atoms with Crippen molar-refractivity contribution in [1.82, 2.24) is 10.6 Å². The van der Waals surface area contributed by atoms with E-state index in [-0.39, 0.29) is 24.9 Å². The number of guanidine groups is 1. The third-order valence-electron chi connectivity index (χ3n) is 2.76. The zero-order chi connectivity index (χ0) is 16.4. The number of benzene rings is 1. The van der Waals surface area contributed by atoms with Gasteiger partial charge >= 0.3 is 0 Å². The molecule has 1 unspecified atom stereocenters. The normalized spacial score (nSPS) is 12.9. The quantitative estimate of drug-likeness (QED) is 0.387. The van der Waals surface area contributed by atoms with E-state index in [4.69, 9.17) is 9.84 Å². The molecule has 0 aliphatic heterocycles. The van der Waals surface area contributed by atoms with Crippen molar-refractivity contribution in [3.8, 4) is 5.75 Å². The number of ether oxygens (including phenoxy) is 1. The van der Waals surface area contributed by atoms with Crippen LogP contribution in [-0.2, 0) is 0 Å². The molecule has 0 aliphatic carbocycles. The molecule has 1 atom stereocenters. The van der Waals surface area contributed by atoms with E-state index in [1.807, 2.05) is 13.8 Å². The van der Waals surface area contributed by atoms with Crippen molar-refractivity contribution in [3.05, 3.63) is 29.8 Å². The highest BCUT2D eigenvalue weighted by atomic mass is 19.1. The van der Waals surface area contributed by atoms with Gasteiger partial charge in [-0.05, 0) is 25.0 Å². The molecule has 0 fully saturated rings. The van der Waals surface area contributed by atoms with E-state index >= 15 is 0 Å². The molecule has 1 aromatic carbocycles. The lowest BCUT2D eigenvalue weighted by molar-refractivity contribution is 0.241. The van der Waals surface area contributed by atoms with Crippen LogP contribution in [0.5, 0.6) is 5.75 Å². The molecule has 0 spiro atoms. The number of nitrogens with one attached hydrogen (secondary N) is 2. The molecular weight excluding hydrogens is 292 g/mol. The van der Waals surface area contributed by atoms with Crippen molar-refractivity contribution in [1.29, 1.82) is 0 Å². The van der Waals surface area contributed by atoms with E-state index < -0.39 is 11.6 Å². The summed E-state index contributed by atoms with van der Waals surface area (Å²) in [5.41, 5.74) is 0. The second-order valence-corrected chi connectivity index (χ2v) is 4.86. The minimum atomic E-state index is -0.725. The summed E-state index contributed by atoms with van der Waals surface area (Å²) < 4.78 is 31.4. The Morgan fingerprint density at radius 3 is 2.77 bits per heavy atom. The van der Waals surface area contributed by atoms with Crippen LogP contribution in [0.4, 0.5) is 8.78 Å². The van der Waals surface area contributed by atoms with Crippen LogP contribution in [0, 0.1) is 17.6 Å². The average molecular weight is 315 g/mol. The van der Waals surface area contributed by atoms with Gasteiger partial charge < -0.3 is 20.5 Å². The molecule has 22 heavy (non-hydrogen) atoms. The topological polar surface area (TPSA) is 65.9 Å². The van der Waals surface area contributed by atoms with Gasteiger partial charge in [-0.2, -0.15) is 0 Å². The molecule has 5 nitrogen and oxygen atoms in total. The first-order chi connectivity index (χ1) is 10.6. The minimum absolute atomic E-state index is 0.0130. The highest BCUT2D eigenvalue weighted by molar-refractivity contribution is 5.79. The third kappa shape index (κ3) is 6.71. The number of nitrogens with zero attached hydrogens (tertiary/aromatic N) is 1. The fourth-order valence-corrected chi connectivity index (χ4v) is 1.57. The third-order valence-corrected chi connectivity index (χ3v) is 2.76. The molecule has 7 heteroatoms. The van der Waals surface area contributed by atoms with E-state index in [2.05, 4.69) is 15.6 Å². The predicted molar refractivity (Wildman–Crippen MR) is 82.1 cm³/mol. The maximum atomic E-state index is 13.4. The number of aliphatic hydroxyl groups excluding tert-OH is 1. The zero-order valence-corrected chi connectivity index (χ0v) is 12.9. The lowest BCUT2D eigenvalue weighted by atomic mass is 10.2. The molecule has 0 heterocycles. The van der Waals surface area contributed by atoms with Crippen LogP contribution in [0.25, 0.3) is 0 Å². The summed E-state index contributed by atoms with van der Waals surface area (Å²) in [6, 6.07) is 3.19. The summed E-state index contributed by atoms with van der Waals surface area (Å²) in [7, 11) is 0. The van der Waals surface area contributed by atoms with Crippen molar-refractivity contribution in [2.45, 2.75) is 13.8 Å². The average Bonchev–Trinajstić information content (AvgIpc) is 2.50. The van der Waals surface area contributed by atoms with E-state index in [0.29, 0.717) is 25.6 Å². The van der Waals surface area contributed by atoms with Crippen molar-refractivity contribution in [2.24, 2.45) is 10.9 Å². The monoisotopic (exact) mass is 315 g/mol. The highest BCUT2D eigenvalue weighted by Crippen LogP contribution is 2.17. The van der Waals surface area contributed by atoms with Crippen LogP contribution in [0.1, 0.15) is 13.8 Å². The lowest BCUT2D eigenvalue weighted by Crippen LogP contribution is -2.39. The molecule has 124 valence electrons. The van der Waals surface area contributed by atoms with Gasteiger partial charge in [0.05, 0.1) is 6.54 Å². The summed E-state index contributed by atoms with van der Waals surface area (Å²) in [6.07, 6.45) is 0. The molecule has 0 bridgehead atoms. The van der Waals surface area contributed by atoms with Gasteiger partial charge in [-0.25, -0.2) is 8.78 Å². The Labute approximate surface area is 129 Å². The fraction of sp³-hybridized carbons (Fsp3) is 0.533. The van der Waals surface area contributed by atoms with Crippen molar-refractivity contribution in [3.63, 3.8) is 0 Å². The van der Waals surface area contributed by atoms with Crippen LogP contribution in [-0.4, -0.2) is 43.9 Å². The summed E-state index contributed by atoms with van der Waals surface area (Å²) in [6.45, 7) is 5.74. The first-order valence-corrected chi connectivity index (χ1v) is 7.27. The Kier molecular flexibility index (Phi) is 8.21. The lowest BCUT2D eigenvalue weighted by Gasteiger charge is -2.13. The van der Waals surface area contributed by atoms with E-state index in [9.17, 15) is 8.78 Å². The van der Waals surface area contributed by atoms with Crippen LogP contribution in [0.3, 0.4) is 0 Å². The largest absolute Gasteiger partial charge is 0.489 e. The zero-order valence-electron chi connectivity index (χ0n) is 12.9. The highest BCUT2D eigenvalue weighted by Gasteiger charge is 2.05. The van der Waals surface area contributed by atoms with Crippen molar-refractivity contribution < 1.29 is 18.6 Å². The van der Waals surface area contributed by atoms with E-state index in [1.165, 1.54) is 6.07 Å². The van der Waals surface area contributed by atoms with Gasteiger partial charge in [0.15, 0.2) is 17.5 Å². The van der Waals surface area contributed by atoms with Crippen LogP contribution in [0.15, 0.2) is 23.2 Å². The van der Waals surface area contributed by atoms with Crippen LogP contribution < -0.4 is 15.4 Å². The van der Waals surface area contributed by atoms with Crippen LogP contribution >= 0.6 is 0 Å². The summed E-state index contributed by atoms with van der Waals surface area (Å²) in [5.74, 6) is -0.662. The smallest absolute Gasteiger partial charge is 0.191 e. The number of rotatable bonds is 8. The first kappa shape index (κ1) is 18.2. The second kappa shape index (κ2) is 9.94. The van der Waals surface area contributed by atoms with E-state index in [0.717, 1.165) is 12.1 Å². The summed E-state index contributed by atoms with van der Waals surface area (Å²) in [5, 5.41) is 15.1. The molecule has 0 radical (unpaired) electrons. The van der Waals surface area contributed by atoms with Gasteiger partial charge in [0.25, 0.3) is 0 Å². The SMILES string of the molecule is CCNC(=NCC(C)CO)NCCOc1ccc(F)cc1F. The molecule has 0 saturated carbocycles. The maximum absolute atomic E-state index is 13.4. The number of aliphatic imine (C=N–C) groups is 1. The molecule has 1 aromatic rings. The Bertz CT molecular complexity index is 484. The maximum Gasteiger partial charge on any atom is 0.191 e. The number of halogens is 2. The number of hydrogen-bond acceptors (Lipinski definition) is 3. The Hall–Kier alpha value is -1.89. The number of aliphatic hydroxyl groups is 1. The van der Waals surface area contributed by atoms with Gasteiger partial charge in [0, 0.05) is 25.8 Å². The molecule has 0 saturated heterocycles. The molecule has 0 amide bonds. The van der Waals surface area contributed by atoms with Crippen LogP contribution in [0.2, 0.25) is 0 Å². The Morgan fingerprint density at radius 1 is 1.36 bits per heavy atom. The van der Waals surface area contributed by atoms with Gasteiger partial charge in [-0.3, -0.25) is 4.99 Å². The summed E-state index contributed by atoms with van der Waals surface area (Å²) in [4.78, 5) is 4.31. The van der Waals surface area contributed by atoms with Gasteiger partial charge in [0.2, 0.25) is 0 Å².